The Bertz CT molecular complexity index is 1210. The first-order chi connectivity index (χ1) is 16.8. The number of nitrogen functional groups attached to an aromatic ring is 1. The van der Waals surface area contributed by atoms with Crippen LogP contribution in [0.3, 0.4) is 0 Å². The van der Waals surface area contributed by atoms with Crippen molar-refractivity contribution < 1.29 is 32.6 Å². The molecule has 1 unspecified atom stereocenters. The number of rotatable bonds is 13. The lowest BCUT2D eigenvalue weighted by Gasteiger charge is -2.19. The van der Waals surface area contributed by atoms with Gasteiger partial charge in [0.2, 0.25) is 12.7 Å². The van der Waals surface area contributed by atoms with Gasteiger partial charge in [0.25, 0.3) is 5.56 Å². The van der Waals surface area contributed by atoms with E-state index in [-0.39, 0.29) is 43.7 Å². The molecule has 3 N–H and O–H groups in total. The van der Waals surface area contributed by atoms with Gasteiger partial charge in [-0.1, -0.05) is 44.2 Å². The van der Waals surface area contributed by atoms with E-state index in [1.165, 1.54) is 6.33 Å². The van der Waals surface area contributed by atoms with Crippen LogP contribution >= 0.6 is 7.60 Å². The van der Waals surface area contributed by atoms with E-state index in [1.807, 2.05) is 32.0 Å². The standard InChI is InChI=1S/C21H28N5O8P/c1-15(2)10-31-21(28)32-13-34-35(29,33-11-16-6-4-3-5-7-16)14-30-9-8-26-12-23-17-18(26)24-20(22)25-19(17)27/h3-7,12,15H,8-11,13-14H2,1-2H3,(H3,22,24,25,27). The second kappa shape index (κ2) is 12.5. The first-order valence-electron chi connectivity index (χ1n) is 10.8. The third-order valence-electron chi connectivity index (χ3n) is 4.45. The zero-order chi connectivity index (χ0) is 25.3. The molecule has 0 spiro atoms. The zero-order valence-corrected chi connectivity index (χ0v) is 20.3. The molecule has 2 aromatic heterocycles. The topological polar surface area (TPSA) is 170 Å². The van der Waals surface area contributed by atoms with Crippen LogP contribution in [0.1, 0.15) is 19.4 Å². The van der Waals surface area contributed by atoms with Gasteiger partial charge in [0.05, 0.1) is 26.1 Å². The number of aromatic nitrogens is 4. The molecule has 0 saturated carbocycles. The molecular formula is C21H28N5O8P. The molecule has 0 aliphatic rings. The number of nitrogens with one attached hydrogen (secondary N) is 1. The lowest BCUT2D eigenvalue weighted by atomic mass is 10.2. The SMILES string of the molecule is CC(C)COC(=O)OCOP(=O)(COCCn1cnc2c(=O)[nH]c(N)nc21)OCc1ccccc1. The van der Waals surface area contributed by atoms with E-state index in [1.54, 1.807) is 16.7 Å². The average Bonchev–Trinajstić information content (AvgIpc) is 3.23. The highest BCUT2D eigenvalue weighted by Crippen LogP contribution is 2.48. The Balaban J connectivity index is 1.55. The van der Waals surface area contributed by atoms with Crippen molar-refractivity contribution in [1.82, 2.24) is 19.5 Å². The number of carbonyl (C=O) groups excluding carboxylic acids is 1. The van der Waals surface area contributed by atoms with Gasteiger partial charge in [0.15, 0.2) is 11.2 Å². The second-order valence-corrected chi connectivity index (χ2v) is 9.81. The summed E-state index contributed by atoms with van der Waals surface area (Å²) in [5.74, 6) is 0.0964. The summed E-state index contributed by atoms with van der Waals surface area (Å²) in [5, 5.41) is 0. The van der Waals surface area contributed by atoms with Crippen molar-refractivity contribution in [2.75, 3.05) is 32.1 Å². The van der Waals surface area contributed by atoms with Gasteiger partial charge < -0.3 is 29.0 Å². The maximum Gasteiger partial charge on any atom is 0.510 e. The van der Waals surface area contributed by atoms with E-state index in [2.05, 4.69) is 15.0 Å². The molecular weight excluding hydrogens is 481 g/mol. The largest absolute Gasteiger partial charge is 0.510 e. The number of nitrogens with two attached hydrogens (primary N) is 1. The molecule has 1 atom stereocenters. The molecule has 3 rings (SSSR count). The molecule has 13 nitrogen and oxygen atoms in total. The number of carbonyl (C=O) groups is 1. The van der Waals surface area contributed by atoms with E-state index >= 15 is 0 Å². The predicted octanol–water partition coefficient (Wildman–Crippen LogP) is 2.87. The van der Waals surface area contributed by atoms with Crippen LogP contribution in [0.4, 0.5) is 10.7 Å². The minimum Gasteiger partial charge on any atom is -0.434 e. The molecule has 1 aromatic carbocycles. The normalized spacial score (nSPS) is 13.1. The lowest BCUT2D eigenvalue weighted by Crippen LogP contribution is -2.15. The Morgan fingerprint density at radius 1 is 1.20 bits per heavy atom. The Morgan fingerprint density at radius 2 is 1.97 bits per heavy atom. The number of ether oxygens (including phenoxy) is 3. The Hall–Kier alpha value is -3.25. The zero-order valence-electron chi connectivity index (χ0n) is 19.4. The van der Waals surface area contributed by atoms with Crippen molar-refractivity contribution >= 4 is 30.9 Å². The van der Waals surface area contributed by atoms with Crippen molar-refractivity contribution in [1.29, 1.82) is 0 Å². The lowest BCUT2D eigenvalue weighted by molar-refractivity contribution is -0.00922. The number of imidazole rings is 1. The number of H-pyrrole nitrogens is 1. The van der Waals surface area contributed by atoms with Crippen molar-refractivity contribution in [2.24, 2.45) is 5.92 Å². The predicted molar refractivity (Wildman–Crippen MR) is 125 cm³/mol. The Kier molecular flexibility index (Phi) is 9.38. The summed E-state index contributed by atoms with van der Waals surface area (Å²) in [4.78, 5) is 34.0. The molecule has 0 fully saturated rings. The molecule has 0 amide bonds. The van der Waals surface area contributed by atoms with Crippen LogP contribution in [-0.4, -0.2) is 52.0 Å². The molecule has 0 aliphatic carbocycles. The quantitative estimate of drug-likeness (QED) is 0.150. The van der Waals surface area contributed by atoms with Gasteiger partial charge in [-0.25, -0.2) is 9.78 Å². The minimum absolute atomic E-state index is 0.00257. The fourth-order valence-electron chi connectivity index (χ4n) is 2.76. The van der Waals surface area contributed by atoms with Crippen molar-refractivity contribution in [3.8, 4) is 0 Å². The molecule has 14 heteroatoms. The molecule has 2 heterocycles. The van der Waals surface area contributed by atoms with Crippen LogP contribution in [-0.2, 0) is 41.0 Å². The summed E-state index contributed by atoms with van der Waals surface area (Å²) < 4.78 is 40.8. The maximum atomic E-state index is 13.2. The third-order valence-corrected chi connectivity index (χ3v) is 5.97. The summed E-state index contributed by atoms with van der Waals surface area (Å²) in [5.41, 5.74) is 6.35. The molecule has 35 heavy (non-hydrogen) atoms. The van der Waals surface area contributed by atoms with Gasteiger partial charge in [-0.05, 0) is 11.5 Å². The van der Waals surface area contributed by atoms with Crippen molar-refractivity contribution in [3.05, 3.63) is 52.6 Å². The summed E-state index contributed by atoms with van der Waals surface area (Å²) in [6, 6.07) is 9.08. The van der Waals surface area contributed by atoms with Gasteiger partial charge >= 0.3 is 13.8 Å². The highest BCUT2D eigenvalue weighted by molar-refractivity contribution is 7.53. The number of hydrogen-bond donors (Lipinski definition) is 2. The van der Waals surface area contributed by atoms with Crippen LogP contribution in [0.2, 0.25) is 0 Å². The molecule has 0 saturated heterocycles. The molecule has 190 valence electrons. The first kappa shape index (κ1) is 26.4. The van der Waals surface area contributed by atoms with Crippen LogP contribution in [0.15, 0.2) is 41.5 Å². The molecule has 0 aliphatic heterocycles. The summed E-state index contributed by atoms with van der Waals surface area (Å²) >= 11 is 0. The number of nitrogens with zero attached hydrogens (tertiary/aromatic N) is 3. The van der Waals surface area contributed by atoms with Gasteiger partial charge in [-0.15, -0.1) is 0 Å². The summed E-state index contributed by atoms with van der Waals surface area (Å²) in [6.45, 7) is 3.61. The van der Waals surface area contributed by atoms with E-state index in [9.17, 15) is 14.2 Å². The number of benzene rings is 1. The fraction of sp³-hybridized carbons (Fsp3) is 0.429. The Morgan fingerprint density at radius 3 is 2.71 bits per heavy atom. The number of fused-ring (bicyclic) bond motifs is 1. The molecule has 0 bridgehead atoms. The smallest absolute Gasteiger partial charge is 0.434 e. The van der Waals surface area contributed by atoms with Gasteiger partial charge in [-0.3, -0.25) is 18.9 Å². The van der Waals surface area contributed by atoms with Gasteiger partial charge in [-0.2, -0.15) is 4.98 Å². The highest BCUT2D eigenvalue weighted by Gasteiger charge is 2.26. The number of hydrogen-bond acceptors (Lipinski definition) is 11. The van der Waals surface area contributed by atoms with Crippen molar-refractivity contribution in [3.63, 3.8) is 0 Å². The fourth-order valence-corrected chi connectivity index (χ4v) is 3.90. The van der Waals surface area contributed by atoms with Crippen LogP contribution in [0, 0.1) is 5.92 Å². The number of anilines is 1. The number of aromatic amines is 1. The van der Waals surface area contributed by atoms with E-state index in [0.717, 1.165) is 5.56 Å². The average molecular weight is 509 g/mol. The van der Waals surface area contributed by atoms with E-state index in [0.29, 0.717) is 5.65 Å². The van der Waals surface area contributed by atoms with Gasteiger partial charge in [0, 0.05) is 6.54 Å². The minimum atomic E-state index is -3.82. The third kappa shape index (κ3) is 8.18. The Labute approximate surface area is 201 Å². The maximum absolute atomic E-state index is 13.2. The summed E-state index contributed by atoms with van der Waals surface area (Å²) in [7, 11) is -3.82. The molecule has 0 radical (unpaired) electrons. The van der Waals surface area contributed by atoms with E-state index in [4.69, 9.17) is 29.0 Å². The van der Waals surface area contributed by atoms with Crippen molar-refractivity contribution in [2.45, 2.75) is 27.0 Å². The van der Waals surface area contributed by atoms with Crippen LogP contribution < -0.4 is 11.3 Å². The van der Waals surface area contributed by atoms with Crippen LogP contribution in [0.5, 0.6) is 0 Å². The van der Waals surface area contributed by atoms with Gasteiger partial charge in [0.1, 0.15) is 6.35 Å². The molecule has 3 aromatic rings. The highest BCUT2D eigenvalue weighted by atomic mass is 31.2. The van der Waals surface area contributed by atoms with E-state index < -0.39 is 32.5 Å². The van der Waals surface area contributed by atoms with Crippen LogP contribution in [0.25, 0.3) is 11.2 Å². The monoisotopic (exact) mass is 509 g/mol. The second-order valence-electron chi connectivity index (χ2n) is 7.81. The first-order valence-corrected chi connectivity index (χ1v) is 12.5. The summed E-state index contributed by atoms with van der Waals surface area (Å²) in [6.07, 6.45) is 0.0735.